The molecule has 114 valence electrons. The molecule has 0 saturated heterocycles. The lowest BCUT2D eigenvalue weighted by atomic mass is 10.2. The van der Waals surface area contributed by atoms with E-state index in [1.165, 1.54) is 37.9 Å². The molecular weight excluding hydrogens is 268 g/mol. The van der Waals surface area contributed by atoms with Gasteiger partial charge in [-0.05, 0) is 39.2 Å². The highest BCUT2D eigenvalue weighted by atomic mass is 32.2. The molecule has 1 aromatic rings. The quantitative estimate of drug-likeness (QED) is 0.784. The lowest BCUT2D eigenvalue weighted by Crippen LogP contribution is -2.29. The minimum Gasteiger partial charge on any atom is -0.314 e. The number of aromatic nitrogens is 3. The van der Waals surface area contributed by atoms with Gasteiger partial charge in [-0.3, -0.25) is 0 Å². The Labute approximate surface area is 127 Å². The Morgan fingerprint density at radius 1 is 1.25 bits per heavy atom. The van der Waals surface area contributed by atoms with Crippen LogP contribution in [0.1, 0.15) is 58.7 Å². The predicted octanol–water partition coefficient (Wildman–Crippen LogP) is 3.26. The second kappa shape index (κ2) is 8.03. The summed E-state index contributed by atoms with van der Waals surface area (Å²) in [6.07, 6.45) is 7.31. The average Bonchev–Trinajstić information content (AvgIpc) is 2.65. The highest BCUT2D eigenvalue weighted by Gasteiger charge is 2.18. The van der Waals surface area contributed by atoms with Crippen molar-refractivity contribution in [3.63, 3.8) is 0 Å². The van der Waals surface area contributed by atoms with Gasteiger partial charge in [-0.2, -0.15) is 0 Å². The largest absolute Gasteiger partial charge is 0.314 e. The van der Waals surface area contributed by atoms with Gasteiger partial charge in [0.25, 0.3) is 0 Å². The molecule has 0 bridgehead atoms. The summed E-state index contributed by atoms with van der Waals surface area (Å²) in [5.74, 6) is 1.19. The Morgan fingerprint density at radius 3 is 2.90 bits per heavy atom. The monoisotopic (exact) mass is 296 g/mol. The van der Waals surface area contributed by atoms with Crippen molar-refractivity contribution in [1.82, 2.24) is 20.1 Å². The maximum absolute atomic E-state index is 4.40. The van der Waals surface area contributed by atoms with E-state index in [4.69, 9.17) is 0 Å². The van der Waals surface area contributed by atoms with Gasteiger partial charge in [0.1, 0.15) is 5.82 Å². The van der Waals surface area contributed by atoms with Crippen LogP contribution in [0, 0.1) is 0 Å². The summed E-state index contributed by atoms with van der Waals surface area (Å²) in [6, 6.07) is 0.573. The van der Waals surface area contributed by atoms with Crippen LogP contribution in [0.25, 0.3) is 0 Å². The molecule has 2 unspecified atom stereocenters. The highest BCUT2D eigenvalue weighted by molar-refractivity contribution is 7.99. The second-order valence-electron chi connectivity index (χ2n) is 5.88. The molecule has 1 aromatic heterocycles. The van der Waals surface area contributed by atoms with Gasteiger partial charge in [-0.25, -0.2) is 0 Å². The van der Waals surface area contributed by atoms with Crippen LogP contribution < -0.4 is 5.32 Å². The summed E-state index contributed by atoms with van der Waals surface area (Å²) in [7, 11) is 0. The summed E-state index contributed by atoms with van der Waals surface area (Å²) in [6.45, 7) is 8.99. The standard InChI is InChI=1S/C15H28N4S/c1-4-9-16-12(2)11-13(3)20-15-18-17-14-8-6-5-7-10-19(14)15/h12-13,16H,4-11H2,1-3H3. The van der Waals surface area contributed by atoms with Crippen molar-refractivity contribution in [2.24, 2.45) is 0 Å². The number of fused-ring (bicyclic) bond motifs is 1. The highest BCUT2D eigenvalue weighted by Crippen LogP contribution is 2.27. The molecule has 0 amide bonds. The molecule has 4 nitrogen and oxygen atoms in total. The molecule has 1 N–H and O–H groups in total. The third kappa shape index (κ3) is 4.48. The summed E-state index contributed by atoms with van der Waals surface area (Å²) < 4.78 is 2.35. The molecule has 1 aliphatic heterocycles. The number of hydrogen-bond acceptors (Lipinski definition) is 4. The Kier molecular flexibility index (Phi) is 6.36. The van der Waals surface area contributed by atoms with Crippen molar-refractivity contribution in [2.75, 3.05) is 6.54 Å². The fourth-order valence-corrected chi connectivity index (χ4v) is 3.90. The number of nitrogens with zero attached hydrogens (tertiary/aromatic N) is 3. The second-order valence-corrected chi connectivity index (χ2v) is 7.29. The molecule has 0 aliphatic carbocycles. The van der Waals surface area contributed by atoms with E-state index in [0.717, 1.165) is 24.7 Å². The smallest absolute Gasteiger partial charge is 0.191 e. The van der Waals surface area contributed by atoms with E-state index >= 15 is 0 Å². The third-order valence-corrected chi connectivity index (χ3v) is 4.92. The molecule has 20 heavy (non-hydrogen) atoms. The van der Waals surface area contributed by atoms with E-state index in [2.05, 4.69) is 40.9 Å². The van der Waals surface area contributed by atoms with Gasteiger partial charge in [-0.15, -0.1) is 10.2 Å². The van der Waals surface area contributed by atoms with Gasteiger partial charge in [0, 0.05) is 24.3 Å². The first-order chi connectivity index (χ1) is 9.70. The average molecular weight is 296 g/mol. The fraction of sp³-hybridized carbons (Fsp3) is 0.867. The van der Waals surface area contributed by atoms with Gasteiger partial charge in [0.05, 0.1) is 0 Å². The van der Waals surface area contributed by atoms with E-state index in [1.54, 1.807) is 0 Å². The Morgan fingerprint density at radius 2 is 2.10 bits per heavy atom. The number of nitrogens with one attached hydrogen (secondary N) is 1. The van der Waals surface area contributed by atoms with E-state index < -0.39 is 0 Å². The van der Waals surface area contributed by atoms with Gasteiger partial charge in [0.2, 0.25) is 0 Å². The minimum absolute atomic E-state index is 0.573. The van der Waals surface area contributed by atoms with Crippen molar-refractivity contribution in [2.45, 2.75) is 82.3 Å². The first-order valence-electron chi connectivity index (χ1n) is 8.02. The van der Waals surface area contributed by atoms with Crippen LogP contribution in [-0.4, -0.2) is 32.6 Å². The Hall–Kier alpha value is -0.550. The Balaban J connectivity index is 1.88. The predicted molar refractivity (Wildman–Crippen MR) is 85.3 cm³/mol. The van der Waals surface area contributed by atoms with Crippen LogP contribution in [0.4, 0.5) is 0 Å². The molecule has 0 radical (unpaired) electrons. The lowest BCUT2D eigenvalue weighted by molar-refractivity contribution is 0.512. The van der Waals surface area contributed by atoms with Crippen molar-refractivity contribution in [3.8, 4) is 0 Å². The van der Waals surface area contributed by atoms with Crippen LogP contribution >= 0.6 is 11.8 Å². The van der Waals surface area contributed by atoms with Crippen LogP contribution in [0.2, 0.25) is 0 Å². The molecule has 2 heterocycles. The van der Waals surface area contributed by atoms with Crippen LogP contribution in [0.15, 0.2) is 5.16 Å². The Bertz CT molecular complexity index is 405. The number of thioether (sulfide) groups is 1. The normalized spacial score (nSPS) is 18.4. The summed E-state index contributed by atoms with van der Waals surface area (Å²) in [4.78, 5) is 0. The summed E-state index contributed by atoms with van der Waals surface area (Å²) in [5, 5.41) is 14.0. The van der Waals surface area contributed by atoms with Crippen molar-refractivity contribution < 1.29 is 0 Å². The molecular formula is C15H28N4S. The van der Waals surface area contributed by atoms with Crippen molar-refractivity contribution >= 4 is 11.8 Å². The van der Waals surface area contributed by atoms with Crippen molar-refractivity contribution in [3.05, 3.63) is 5.82 Å². The van der Waals surface area contributed by atoms with Crippen LogP contribution in [0.5, 0.6) is 0 Å². The van der Waals surface area contributed by atoms with Gasteiger partial charge in [0.15, 0.2) is 5.16 Å². The molecule has 5 heteroatoms. The maximum Gasteiger partial charge on any atom is 0.191 e. The SMILES string of the molecule is CCCNC(C)CC(C)Sc1nnc2n1CCCCC2. The molecule has 1 aliphatic rings. The van der Waals surface area contributed by atoms with E-state index in [9.17, 15) is 0 Å². The van der Waals surface area contributed by atoms with Crippen LogP contribution in [0.3, 0.4) is 0 Å². The summed E-state index contributed by atoms with van der Waals surface area (Å²) in [5.41, 5.74) is 0. The third-order valence-electron chi connectivity index (χ3n) is 3.81. The summed E-state index contributed by atoms with van der Waals surface area (Å²) >= 11 is 1.89. The first-order valence-corrected chi connectivity index (χ1v) is 8.90. The topological polar surface area (TPSA) is 42.7 Å². The van der Waals surface area contributed by atoms with E-state index in [0.29, 0.717) is 11.3 Å². The molecule has 0 fully saturated rings. The maximum atomic E-state index is 4.40. The number of rotatable bonds is 7. The first kappa shape index (κ1) is 15.8. The minimum atomic E-state index is 0.573. The molecule has 2 rings (SSSR count). The van der Waals surface area contributed by atoms with Crippen molar-refractivity contribution in [1.29, 1.82) is 0 Å². The van der Waals surface area contributed by atoms with Gasteiger partial charge >= 0.3 is 0 Å². The van der Waals surface area contributed by atoms with Gasteiger partial charge in [-0.1, -0.05) is 32.0 Å². The number of hydrogen-bond donors (Lipinski definition) is 1. The molecule has 2 atom stereocenters. The zero-order valence-corrected chi connectivity index (χ0v) is 13.9. The lowest BCUT2D eigenvalue weighted by Gasteiger charge is -2.18. The molecule has 0 spiro atoms. The zero-order valence-electron chi connectivity index (χ0n) is 13.1. The zero-order chi connectivity index (χ0) is 14.4. The van der Waals surface area contributed by atoms with Crippen LogP contribution in [-0.2, 0) is 13.0 Å². The fourth-order valence-electron chi connectivity index (χ4n) is 2.75. The number of aryl methyl sites for hydroxylation is 1. The van der Waals surface area contributed by atoms with E-state index in [1.807, 2.05) is 11.8 Å². The van der Waals surface area contributed by atoms with Gasteiger partial charge < -0.3 is 9.88 Å². The molecule has 0 aromatic carbocycles. The molecule has 0 saturated carbocycles. The van der Waals surface area contributed by atoms with E-state index in [-0.39, 0.29) is 0 Å².